The van der Waals surface area contributed by atoms with Gasteiger partial charge in [0.1, 0.15) is 60.9 Å². The molecule has 292 valence electrons. The number of phenols is 1. The molecule has 2 aromatic heterocycles. The molecule has 4 aliphatic heterocycles. The fourth-order valence-electron chi connectivity index (χ4n) is 10.2. The Bertz CT molecular complexity index is 2210. The van der Waals surface area contributed by atoms with Crippen LogP contribution in [0.4, 0.5) is 19.0 Å². The number of phenolic OH excluding ortho intramolecular Hbond substituents is 1. The summed E-state index contributed by atoms with van der Waals surface area (Å²) in [7, 11) is -2.31. The molecule has 0 spiro atoms. The average Bonchev–Trinajstić information content (AvgIpc) is 3.63. The first-order chi connectivity index (χ1) is 26.2. The summed E-state index contributed by atoms with van der Waals surface area (Å²) in [4.78, 5) is 18.5. The molecule has 4 aromatic rings. The third kappa shape index (κ3) is 6.19. The van der Waals surface area contributed by atoms with Gasteiger partial charge < -0.3 is 24.2 Å². The molecule has 4 aliphatic rings. The Kier molecular flexibility index (Phi) is 9.70. The zero-order valence-electron chi connectivity index (χ0n) is 32.7. The zero-order valence-corrected chi connectivity index (χ0v) is 33.7. The van der Waals surface area contributed by atoms with Gasteiger partial charge in [-0.05, 0) is 66.5 Å². The van der Waals surface area contributed by atoms with Crippen molar-refractivity contribution in [2.75, 3.05) is 44.4 Å². The minimum atomic E-state index is -2.31. The summed E-state index contributed by atoms with van der Waals surface area (Å²) >= 11 is 0. The Hall–Kier alpha value is -4.12. The Morgan fingerprint density at radius 1 is 1.04 bits per heavy atom. The van der Waals surface area contributed by atoms with Crippen LogP contribution in [0.15, 0.2) is 24.3 Å². The van der Waals surface area contributed by atoms with Gasteiger partial charge in [0.15, 0.2) is 5.82 Å². The second kappa shape index (κ2) is 14.1. The molecule has 1 N–H and O–H groups in total. The lowest BCUT2D eigenvalue weighted by atomic mass is 9.95. The number of fused-ring (bicyclic) bond motifs is 4. The molecule has 0 bridgehead atoms. The number of aromatic hydroxyl groups is 1. The van der Waals surface area contributed by atoms with Crippen molar-refractivity contribution in [3.8, 4) is 40.4 Å². The fraction of sp³-hybridized carbons (Fsp3) is 0.548. The van der Waals surface area contributed by atoms with Crippen LogP contribution >= 0.6 is 0 Å². The van der Waals surface area contributed by atoms with Gasteiger partial charge in [0, 0.05) is 30.5 Å². The quantitative estimate of drug-likeness (QED) is 0.147. The van der Waals surface area contributed by atoms with Gasteiger partial charge in [0.2, 0.25) is 5.88 Å². The summed E-state index contributed by atoms with van der Waals surface area (Å²) in [5, 5.41) is 12.1. The van der Waals surface area contributed by atoms with E-state index in [1.54, 1.807) is 6.07 Å². The number of anilines is 1. The summed E-state index contributed by atoms with van der Waals surface area (Å²) < 4.78 is 67.0. The van der Waals surface area contributed by atoms with Gasteiger partial charge in [-0.15, -0.1) is 5.54 Å². The third-order valence-electron chi connectivity index (χ3n) is 12.8. The predicted molar refractivity (Wildman–Crippen MR) is 210 cm³/mol. The summed E-state index contributed by atoms with van der Waals surface area (Å²) in [5.41, 5.74) is 4.09. The highest BCUT2D eigenvalue weighted by Gasteiger charge is 2.50. The van der Waals surface area contributed by atoms with Gasteiger partial charge >= 0.3 is 6.01 Å². The maximum atomic E-state index is 17.5. The molecule has 6 heterocycles. The standard InChI is InChI=1S/C42H50F3N5O4Si/c1-23(2)55(24(3)4,25(5)6)16-11-30-32(44)10-9-27-17-29(51)18-31(34(27)30)37-36(45)38-35-39(50-14-15-52-21-33(50)26(7)54-40(35)46-37)48-41(47-38)53-22-42-12-8-13-49(42)20-28(43)19-42/h9-10,17-18,23-26,28,33,51H,8,12-15,19-22H2,1-7H3/t26-,28-,33+,42+/m1/s1. The predicted octanol–water partition coefficient (Wildman–Crippen LogP) is 8.34. The van der Waals surface area contributed by atoms with E-state index in [9.17, 15) is 9.50 Å². The van der Waals surface area contributed by atoms with Gasteiger partial charge in [-0.1, -0.05) is 53.5 Å². The van der Waals surface area contributed by atoms with Crippen molar-refractivity contribution in [1.82, 2.24) is 19.9 Å². The van der Waals surface area contributed by atoms with Gasteiger partial charge in [0.25, 0.3) is 0 Å². The van der Waals surface area contributed by atoms with Crippen molar-refractivity contribution in [3.63, 3.8) is 0 Å². The van der Waals surface area contributed by atoms with Crippen LogP contribution in [0.1, 0.15) is 73.3 Å². The molecule has 55 heavy (non-hydrogen) atoms. The van der Waals surface area contributed by atoms with E-state index < -0.39 is 37.5 Å². The topological polar surface area (TPSA) is 93.1 Å². The minimum Gasteiger partial charge on any atom is -0.508 e. The first-order valence-corrected chi connectivity index (χ1v) is 21.9. The van der Waals surface area contributed by atoms with E-state index in [1.165, 1.54) is 18.2 Å². The number of pyridine rings is 1. The lowest BCUT2D eigenvalue weighted by Gasteiger charge is -2.38. The van der Waals surface area contributed by atoms with Gasteiger partial charge in [-0.3, -0.25) is 4.90 Å². The maximum absolute atomic E-state index is 17.5. The highest BCUT2D eigenvalue weighted by Crippen LogP contribution is 2.46. The van der Waals surface area contributed by atoms with E-state index in [-0.39, 0.29) is 58.0 Å². The Morgan fingerprint density at radius 3 is 2.55 bits per heavy atom. The lowest BCUT2D eigenvalue weighted by molar-refractivity contribution is 0.0523. The van der Waals surface area contributed by atoms with Crippen LogP contribution in [-0.2, 0) is 4.74 Å². The van der Waals surface area contributed by atoms with Crippen LogP contribution in [0.3, 0.4) is 0 Å². The van der Waals surface area contributed by atoms with Crippen molar-refractivity contribution in [1.29, 1.82) is 0 Å². The van der Waals surface area contributed by atoms with E-state index >= 15 is 8.78 Å². The fourth-order valence-corrected chi connectivity index (χ4v) is 15.4. The number of morpholine rings is 1. The molecule has 13 heteroatoms. The average molecular weight is 774 g/mol. The minimum absolute atomic E-state index is 0.0384. The first kappa shape index (κ1) is 37.8. The molecule has 9 nitrogen and oxygen atoms in total. The number of hydrogen-bond acceptors (Lipinski definition) is 9. The van der Waals surface area contributed by atoms with Crippen molar-refractivity contribution in [2.45, 2.75) is 108 Å². The molecule has 3 fully saturated rings. The molecule has 0 aliphatic carbocycles. The van der Waals surface area contributed by atoms with Gasteiger partial charge in [-0.2, -0.15) is 9.97 Å². The summed E-state index contributed by atoms with van der Waals surface area (Å²) in [6.45, 7) is 17.6. The number of nitrogens with zero attached hydrogens (tertiary/aromatic N) is 5. The lowest BCUT2D eigenvalue weighted by Crippen LogP contribution is -2.52. The first-order valence-electron chi connectivity index (χ1n) is 19.7. The van der Waals surface area contributed by atoms with Crippen LogP contribution < -0.4 is 14.4 Å². The Morgan fingerprint density at radius 2 is 1.80 bits per heavy atom. The van der Waals surface area contributed by atoms with Crippen molar-refractivity contribution in [3.05, 3.63) is 41.5 Å². The maximum Gasteiger partial charge on any atom is 0.319 e. The van der Waals surface area contributed by atoms with Crippen molar-refractivity contribution >= 4 is 35.6 Å². The molecule has 8 rings (SSSR count). The highest BCUT2D eigenvalue weighted by atomic mass is 28.3. The number of hydrogen-bond donors (Lipinski definition) is 1. The molecule has 0 unspecified atom stereocenters. The summed E-state index contributed by atoms with van der Waals surface area (Å²) in [6.07, 6.45) is 0.707. The van der Waals surface area contributed by atoms with E-state index in [1.807, 2.05) is 11.8 Å². The zero-order chi connectivity index (χ0) is 39.0. The normalized spacial score (nSPS) is 23.9. The molecule has 2 aromatic carbocycles. The monoisotopic (exact) mass is 773 g/mol. The molecule has 3 saturated heterocycles. The largest absolute Gasteiger partial charge is 0.508 e. The smallest absolute Gasteiger partial charge is 0.319 e. The number of ether oxygens (including phenoxy) is 3. The third-order valence-corrected chi connectivity index (χ3v) is 19.1. The second-order valence-electron chi connectivity index (χ2n) is 16.8. The van der Waals surface area contributed by atoms with Crippen LogP contribution in [-0.4, -0.2) is 96.3 Å². The number of alkyl halides is 1. The second-order valence-corrected chi connectivity index (χ2v) is 22.4. The molecular formula is C42H50F3N5O4Si. The number of aromatic nitrogens is 3. The van der Waals surface area contributed by atoms with E-state index in [2.05, 4.69) is 62.9 Å². The number of benzene rings is 2. The van der Waals surface area contributed by atoms with Crippen LogP contribution in [0.25, 0.3) is 32.9 Å². The van der Waals surface area contributed by atoms with E-state index in [0.717, 1.165) is 19.4 Å². The number of rotatable bonds is 7. The molecular weight excluding hydrogens is 724 g/mol. The molecule has 0 saturated carbocycles. The summed E-state index contributed by atoms with van der Waals surface area (Å²) in [5.74, 6) is 2.31. The van der Waals surface area contributed by atoms with E-state index in [4.69, 9.17) is 24.2 Å². The van der Waals surface area contributed by atoms with Crippen LogP contribution in [0, 0.1) is 23.1 Å². The van der Waals surface area contributed by atoms with Gasteiger partial charge in [0.05, 0.1) is 30.4 Å². The SMILES string of the molecule is CC(C)[Si](C#Cc1c(F)ccc2cc(O)cc(-c3nc4c5c(nc(OC[C@@]67CCCN6C[C@H](F)C7)nc5c3F)N3CCOC[C@H]3[C@@H](C)O4)c12)(C(C)C)C(C)C. The van der Waals surface area contributed by atoms with Crippen molar-refractivity contribution in [2.24, 2.45) is 0 Å². The van der Waals surface area contributed by atoms with Crippen LogP contribution in [0.5, 0.6) is 17.6 Å². The van der Waals surface area contributed by atoms with E-state index in [0.29, 0.717) is 65.9 Å². The Labute approximate surface area is 321 Å². The highest BCUT2D eigenvalue weighted by molar-refractivity contribution is 6.90. The number of halogens is 3. The molecule has 0 amide bonds. The summed E-state index contributed by atoms with van der Waals surface area (Å²) in [6, 6.07) is 5.51. The van der Waals surface area contributed by atoms with Crippen LogP contribution in [0.2, 0.25) is 16.6 Å². The Balaban J connectivity index is 1.35. The van der Waals surface area contributed by atoms with Crippen molar-refractivity contribution < 1.29 is 32.5 Å². The molecule has 4 atom stereocenters. The molecule has 0 radical (unpaired) electrons. The van der Waals surface area contributed by atoms with Gasteiger partial charge in [-0.25, -0.2) is 18.2 Å².